The normalized spacial score (nSPS) is 44.7. The van der Waals surface area contributed by atoms with E-state index in [1.807, 2.05) is 6.92 Å². The molecule has 0 radical (unpaired) electrons. The molecule has 1 heterocycles. The summed E-state index contributed by atoms with van der Waals surface area (Å²) in [6, 6.07) is -0.167. The first-order valence-electron chi connectivity index (χ1n) is 6.89. The molecule has 104 valence electrons. The number of hydrogen-bond acceptors (Lipinski definition) is 4. The molecule has 0 amide bonds. The van der Waals surface area contributed by atoms with Gasteiger partial charge in [0.15, 0.2) is 0 Å². The molecule has 0 aromatic rings. The van der Waals surface area contributed by atoms with Crippen molar-refractivity contribution < 1.29 is 13.5 Å². The molecule has 3 aliphatic rings. The summed E-state index contributed by atoms with van der Waals surface area (Å²) in [6.45, 7) is 2.62. The zero-order chi connectivity index (χ0) is 13.1. The zero-order valence-corrected chi connectivity index (χ0v) is 11.5. The van der Waals surface area contributed by atoms with Crippen molar-refractivity contribution in [3.8, 4) is 0 Å². The number of aliphatic hydroxyl groups is 1. The van der Waals surface area contributed by atoms with Crippen LogP contribution in [-0.2, 0) is 10.0 Å². The average molecular weight is 274 g/mol. The minimum Gasteiger partial charge on any atom is -0.391 e. The van der Waals surface area contributed by atoms with E-state index in [0.717, 1.165) is 12.8 Å². The topological polar surface area (TPSA) is 83.6 Å². The lowest BCUT2D eigenvalue weighted by molar-refractivity contribution is 0.0728. The minimum absolute atomic E-state index is 0.164. The highest BCUT2D eigenvalue weighted by atomic mass is 32.2. The van der Waals surface area contributed by atoms with Crippen LogP contribution in [0.15, 0.2) is 0 Å². The predicted molar refractivity (Wildman–Crippen MR) is 68.3 cm³/mol. The van der Waals surface area contributed by atoms with Gasteiger partial charge in [-0.2, -0.15) is 4.31 Å². The Labute approximate surface area is 108 Å². The van der Waals surface area contributed by atoms with E-state index in [0.29, 0.717) is 30.7 Å². The van der Waals surface area contributed by atoms with Crippen LogP contribution in [-0.4, -0.2) is 48.3 Å². The van der Waals surface area contributed by atoms with Crippen molar-refractivity contribution in [3.05, 3.63) is 0 Å². The fourth-order valence-electron chi connectivity index (χ4n) is 4.34. The summed E-state index contributed by atoms with van der Waals surface area (Å²) in [4.78, 5) is 0. The highest BCUT2D eigenvalue weighted by molar-refractivity contribution is 7.89. The number of aliphatic hydroxyl groups excluding tert-OH is 1. The molecule has 1 saturated heterocycles. The van der Waals surface area contributed by atoms with Gasteiger partial charge in [0.05, 0.1) is 17.4 Å². The van der Waals surface area contributed by atoms with E-state index in [-0.39, 0.29) is 12.6 Å². The average Bonchev–Trinajstić information content (AvgIpc) is 2.90. The Morgan fingerprint density at radius 1 is 1.39 bits per heavy atom. The summed E-state index contributed by atoms with van der Waals surface area (Å²) in [5, 5.41) is 9.73. The van der Waals surface area contributed by atoms with Crippen molar-refractivity contribution in [1.82, 2.24) is 4.31 Å². The van der Waals surface area contributed by atoms with Gasteiger partial charge in [0.25, 0.3) is 0 Å². The van der Waals surface area contributed by atoms with Crippen molar-refractivity contribution in [1.29, 1.82) is 0 Å². The molecule has 2 aliphatic carbocycles. The monoisotopic (exact) mass is 274 g/mol. The standard InChI is InChI=1S/C12H22N2O3S/c1-2-9(5-13)18(16,17)14-6-8-3-7-4-10(8)11(14)12(7)15/h7-12,15H,2-6,13H2,1H3. The van der Waals surface area contributed by atoms with Gasteiger partial charge >= 0.3 is 0 Å². The van der Waals surface area contributed by atoms with Gasteiger partial charge in [0.2, 0.25) is 10.0 Å². The van der Waals surface area contributed by atoms with Crippen molar-refractivity contribution in [3.63, 3.8) is 0 Å². The first-order chi connectivity index (χ1) is 8.50. The van der Waals surface area contributed by atoms with Crippen LogP contribution in [0.25, 0.3) is 0 Å². The van der Waals surface area contributed by atoms with Crippen LogP contribution in [0.3, 0.4) is 0 Å². The van der Waals surface area contributed by atoms with Gasteiger partial charge in [-0.3, -0.25) is 0 Å². The molecule has 6 atom stereocenters. The number of hydrogen-bond donors (Lipinski definition) is 2. The summed E-state index contributed by atoms with van der Waals surface area (Å²) in [5.74, 6) is 1.17. The Bertz CT molecular complexity index is 433. The third kappa shape index (κ3) is 1.52. The predicted octanol–water partition coefficient (Wildman–Crippen LogP) is -0.245. The Morgan fingerprint density at radius 2 is 2.11 bits per heavy atom. The summed E-state index contributed by atoms with van der Waals surface area (Å²) < 4.78 is 26.7. The molecule has 0 aromatic carbocycles. The first kappa shape index (κ1) is 12.8. The van der Waals surface area contributed by atoms with Crippen molar-refractivity contribution in [2.75, 3.05) is 13.1 Å². The number of fused-ring (bicyclic) bond motifs is 1. The Kier molecular flexibility index (Phi) is 2.97. The molecule has 6 unspecified atom stereocenters. The molecule has 0 aromatic heterocycles. The summed E-state index contributed by atoms with van der Waals surface area (Å²) in [6.07, 6.45) is 2.07. The van der Waals surface area contributed by atoms with E-state index < -0.39 is 21.4 Å². The maximum Gasteiger partial charge on any atom is 0.218 e. The highest BCUT2D eigenvalue weighted by Gasteiger charge is 2.61. The second-order valence-corrected chi connectivity index (χ2v) is 8.18. The van der Waals surface area contributed by atoms with Crippen molar-refractivity contribution >= 4 is 10.0 Å². The minimum atomic E-state index is -3.35. The summed E-state index contributed by atoms with van der Waals surface area (Å²) in [7, 11) is -3.35. The van der Waals surface area contributed by atoms with E-state index in [1.165, 1.54) is 0 Å². The molecule has 1 aliphatic heterocycles. The maximum atomic E-state index is 12.6. The lowest BCUT2D eigenvalue weighted by Crippen LogP contribution is -2.48. The van der Waals surface area contributed by atoms with Crippen LogP contribution in [0.2, 0.25) is 0 Å². The van der Waals surface area contributed by atoms with Gasteiger partial charge in [-0.25, -0.2) is 8.42 Å². The smallest absolute Gasteiger partial charge is 0.218 e. The Morgan fingerprint density at radius 3 is 2.67 bits per heavy atom. The molecule has 3 fully saturated rings. The third-order valence-electron chi connectivity index (χ3n) is 5.27. The molecule has 0 spiro atoms. The second-order valence-electron chi connectivity index (χ2n) is 6.02. The lowest BCUT2D eigenvalue weighted by Gasteiger charge is -2.30. The van der Waals surface area contributed by atoms with Crippen LogP contribution in [0.1, 0.15) is 26.2 Å². The van der Waals surface area contributed by atoms with Gasteiger partial charge in [0.1, 0.15) is 0 Å². The number of nitrogens with two attached hydrogens (primary N) is 1. The van der Waals surface area contributed by atoms with E-state index >= 15 is 0 Å². The molecule has 18 heavy (non-hydrogen) atoms. The number of nitrogens with zero attached hydrogens (tertiary/aromatic N) is 1. The van der Waals surface area contributed by atoms with Crippen LogP contribution >= 0.6 is 0 Å². The SMILES string of the molecule is CCC(CN)S(=O)(=O)N1CC2CC3CC2C1C3O. The number of rotatable bonds is 4. The summed E-state index contributed by atoms with van der Waals surface area (Å²) in [5.41, 5.74) is 5.59. The van der Waals surface area contributed by atoms with Crippen LogP contribution < -0.4 is 5.73 Å². The van der Waals surface area contributed by atoms with Gasteiger partial charge < -0.3 is 10.8 Å². The van der Waals surface area contributed by atoms with Crippen LogP contribution in [0.4, 0.5) is 0 Å². The van der Waals surface area contributed by atoms with Crippen LogP contribution in [0.5, 0.6) is 0 Å². The molecule has 6 heteroatoms. The first-order valence-corrected chi connectivity index (χ1v) is 8.39. The molecule has 2 saturated carbocycles. The van der Waals surface area contributed by atoms with E-state index in [1.54, 1.807) is 4.31 Å². The largest absolute Gasteiger partial charge is 0.391 e. The fraction of sp³-hybridized carbons (Fsp3) is 1.00. The third-order valence-corrected chi connectivity index (χ3v) is 7.69. The fourth-order valence-corrected chi connectivity index (χ4v) is 6.41. The molecular weight excluding hydrogens is 252 g/mol. The molecule has 5 nitrogen and oxygen atoms in total. The quantitative estimate of drug-likeness (QED) is 0.741. The van der Waals surface area contributed by atoms with Gasteiger partial charge in [0, 0.05) is 13.1 Å². The van der Waals surface area contributed by atoms with Crippen molar-refractivity contribution in [2.45, 2.75) is 43.6 Å². The van der Waals surface area contributed by atoms with Gasteiger partial charge in [-0.15, -0.1) is 0 Å². The summed E-state index contributed by atoms with van der Waals surface area (Å²) >= 11 is 0. The van der Waals surface area contributed by atoms with Gasteiger partial charge in [-0.05, 0) is 37.0 Å². The highest BCUT2D eigenvalue weighted by Crippen LogP contribution is 2.55. The number of sulfonamides is 1. The maximum absolute atomic E-state index is 12.6. The van der Waals surface area contributed by atoms with E-state index in [2.05, 4.69) is 0 Å². The molecular formula is C12H22N2O3S. The van der Waals surface area contributed by atoms with E-state index in [9.17, 15) is 13.5 Å². The van der Waals surface area contributed by atoms with Crippen molar-refractivity contribution in [2.24, 2.45) is 23.5 Å². The van der Waals surface area contributed by atoms with Gasteiger partial charge in [-0.1, -0.05) is 6.92 Å². The lowest BCUT2D eigenvalue weighted by atomic mass is 9.88. The Hall–Kier alpha value is -0.170. The molecule has 3 rings (SSSR count). The molecule has 3 N–H and O–H groups in total. The second kappa shape index (κ2) is 4.16. The van der Waals surface area contributed by atoms with Crippen LogP contribution in [0, 0.1) is 17.8 Å². The Balaban J connectivity index is 1.90. The van der Waals surface area contributed by atoms with E-state index in [4.69, 9.17) is 5.73 Å². The zero-order valence-electron chi connectivity index (χ0n) is 10.7. The molecule has 2 bridgehead atoms.